The van der Waals surface area contributed by atoms with Crippen molar-refractivity contribution in [2.24, 2.45) is 11.7 Å². The average molecular weight is 214 g/mol. The smallest absolute Gasteiger partial charge is 0.0484 e. The van der Waals surface area contributed by atoms with Crippen LogP contribution in [0.1, 0.15) is 33.6 Å². The summed E-state index contributed by atoms with van der Waals surface area (Å²) in [5.41, 5.74) is 6.38. The van der Waals surface area contributed by atoms with Crippen molar-refractivity contribution in [3.05, 3.63) is 0 Å². The molecule has 15 heavy (non-hydrogen) atoms. The number of rotatable bonds is 5. The molecule has 0 saturated carbocycles. The summed E-state index contributed by atoms with van der Waals surface area (Å²) in [6, 6.07) is 0. The molecule has 1 saturated heterocycles. The second-order valence-electron chi connectivity index (χ2n) is 5.20. The van der Waals surface area contributed by atoms with Gasteiger partial charge in [-0.25, -0.2) is 0 Å². The zero-order valence-corrected chi connectivity index (χ0v) is 10.5. The Kier molecular flexibility index (Phi) is 5.03. The standard InChI is InChI=1S/C12H26N2O/c1-4-14(9-11(2)3)10-12(13)5-7-15-8-6-12/h11H,4-10,13H2,1-3H3. The Morgan fingerprint density at radius 2 is 1.93 bits per heavy atom. The maximum Gasteiger partial charge on any atom is 0.0484 e. The van der Waals surface area contributed by atoms with E-state index in [2.05, 4.69) is 25.7 Å². The Morgan fingerprint density at radius 1 is 1.33 bits per heavy atom. The molecule has 1 fully saturated rings. The summed E-state index contributed by atoms with van der Waals surface area (Å²) in [4.78, 5) is 2.47. The highest BCUT2D eigenvalue weighted by Crippen LogP contribution is 2.19. The van der Waals surface area contributed by atoms with E-state index in [0.29, 0.717) is 5.92 Å². The van der Waals surface area contributed by atoms with Crippen molar-refractivity contribution in [2.75, 3.05) is 32.8 Å². The number of nitrogens with zero attached hydrogens (tertiary/aromatic N) is 1. The SMILES string of the molecule is CCN(CC(C)C)CC1(N)CCOCC1. The van der Waals surface area contributed by atoms with E-state index < -0.39 is 0 Å². The zero-order valence-electron chi connectivity index (χ0n) is 10.5. The van der Waals surface area contributed by atoms with Crippen molar-refractivity contribution < 1.29 is 4.74 Å². The van der Waals surface area contributed by atoms with Gasteiger partial charge in [0.2, 0.25) is 0 Å². The van der Waals surface area contributed by atoms with Gasteiger partial charge in [0.05, 0.1) is 0 Å². The van der Waals surface area contributed by atoms with Crippen LogP contribution in [0, 0.1) is 5.92 Å². The topological polar surface area (TPSA) is 38.5 Å². The van der Waals surface area contributed by atoms with Crippen molar-refractivity contribution in [2.45, 2.75) is 39.2 Å². The van der Waals surface area contributed by atoms with Crippen LogP contribution in [0.25, 0.3) is 0 Å². The molecule has 1 aliphatic heterocycles. The predicted molar refractivity (Wildman–Crippen MR) is 63.9 cm³/mol. The van der Waals surface area contributed by atoms with Crippen molar-refractivity contribution in [1.82, 2.24) is 4.90 Å². The minimum absolute atomic E-state index is 0.0108. The van der Waals surface area contributed by atoms with E-state index in [4.69, 9.17) is 10.5 Å². The van der Waals surface area contributed by atoms with Gasteiger partial charge in [0.1, 0.15) is 0 Å². The van der Waals surface area contributed by atoms with Crippen LogP contribution in [0.2, 0.25) is 0 Å². The quantitative estimate of drug-likeness (QED) is 0.753. The predicted octanol–water partition coefficient (Wildman–Crippen LogP) is 1.47. The number of nitrogens with two attached hydrogens (primary N) is 1. The average Bonchev–Trinajstić information content (AvgIpc) is 2.16. The number of hydrogen-bond acceptors (Lipinski definition) is 3. The van der Waals surface area contributed by atoms with Crippen molar-refractivity contribution in [1.29, 1.82) is 0 Å². The molecular formula is C12H26N2O. The van der Waals surface area contributed by atoms with E-state index in [9.17, 15) is 0 Å². The lowest BCUT2D eigenvalue weighted by Crippen LogP contribution is -2.54. The van der Waals surface area contributed by atoms with Crippen LogP contribution in [-0.4, -0.2) is 43.3 Å². The summed E-state index contributed by atoms with van der Waals surface area (Å²) >= 11 is 0. The molecule has 90 valence electrons. The van der Waals surface area contributed by atoms with Gasteiger partial charge in [-0.2, -0.15) is 0 Å². The summed E-state index contributed by atoms with van der Waals surface area (Å²) in [5, 5.41) is 0. The molecule has 1 aliphatic rings. The summed E-state index contributed by atoms with van der Waals surface area (Å²) in [5.74, 6) is 0.716. The van der Waals surface area contributed by atoms with Gasteiger partial charge < -0.3 is 15.4 Å². The molecule has 0 aliphatic carbocycles. The zero-order chi connectivity index (χ0) is 11.3. The van der Waals surface area contributed by atoms with E-state index in [1.54, 1.807) is 0 Å². The van der Waals surface area contributed by atoms with Gasteiger partial charge in [0.15, 0.2) is 0 Å². The Bertz CT molecular complexity index is 176. The first-order valence-corrected chi connectivity index (χ1v) is 6.15. The second-order valence-corrected chi connectivity index (χ2v) is 5.20. The van der Waals surface area contributed by atoms with E-state index in [-0.39, 0.29) is 5.54 Å². The third kappa shape index (κ3) is 4.49. The van der Waals surface area contributed by atoms with Crippen LogP contribution in [0.3, 0.4) is 0 Å². The Hall–Kier alpha value is -0.120. The van der Waals surface area contributed by atoms with Gasteiger partial charge in [0, 0.05) is 31.8 Å². The van der Waals surface area contributed by atoms with Gasteiger partial charge in [-0.15, -0.1) is 0 Å². The molecule has 0 unspecified atom stereocenters. The number of likely N-dealkylation sites (N-methyl/N-ethyl adjacent to an activating group) is 1. The highest BCUT2D eigenvalue weighted by Gasteiger charge is 2.29. The van der Waals surface area contributed by atoms with E-state index >= 15 is 0 Å². The first kappa shape index (κ1) is 12.9. The van der Waals surface area contributed by atoms with Crippen LogP contribution in [0.4, 0.5) is 0 Å². The third-order valence-electron chi connectivity index (χ3n) is 3.10. The maximum atomic E-state index is 6.39. The minimum Gasteiger partial charge on any atom is -0.381 e. The van der Waals surface area contributed by atoms with Gasteiger partial charge in [-0.05, 0) is 25.3 Å². The van der Waals surface area contributed by atoms with Crippen LogP contribution in [-0.2, 0) is 4.74 Å². The highest BCUT2D eigenvalue weighted by molar-refractivity contribution is 4.89. The molecule has 1 heterocycles. The Labute approximate surface area is 94.0 Å². The molecule has 0 bridgehead atoms. The molecule has 0 radical (unpaired) electrons. The highest BCUT2D eigenvalue weighted by atomic mass is 16.5. The first-order valence-electron chi connectivity index (χ1n) is 6.15. The van der Waals surface area contributed by atoms with E-state index in [0.717, 1.165) is 45.7 Å². The van der Waals surface area contributed by atoms with Crippen LogP contribution in [0.15, 0.2) is 0 Å². The van der Waals surface area contributed by atoms with E-state index in [1.807, 2.05) is 0 Å². The molecule has 0 aromatic carbocycles. The van der Waals surface area contributed by atoms with Crippen LogP contribution >= 0.6 is 0 Å². The van der Waals surface area contributed by atoms with Gasteiger partial charge in [-0.1, -0.05) is 20.8 Å². The molecule has 3 heteroatoms. The van der Waals surface area contributed by atoms with Gasteiger partial charge >= 0.3 is 0 Å². The molecule has 0 aromatic rings. The molecule has 3 nitrogen and oxygen atoms in total. The minimum atomic E-state index is -0.0108. The monoisotopic (exact) mass is 214 g/mol. The molecule has 1 rings (SSSR count). The largest absolute Gasteiger partial charge is 0.381 e. The lowest BCUT2D eigenvalue weighted by molar-refractivity contribution is 0.0368. The number of ether oxygens (including phenoxy) is 1. The van der Waals surface area contributed by atoms with Crippen molar-refractivity contribution in [3.8, 4) is 0 Å². The van der Waals surface area contributed by atoms with Crippen LogP contribution < -0.4 is 5.73 Å². The van der Waals surface area contributed by atoms with Gasteiger partial charge in [0.25, 0.3) is 0 Å². The molecule has 0 amide bonds. The summed E-state index contributed by atoms with van der Waals surface area (Å²) < 4.78 is 5.36. The lowest BCUT2D eigenvalue weighted by Gasteiger charge is -2.38. The molecule has 0 spiro atoms. The Balaban J connectivity index is 2.41. The molecule has 2 N–H and O–H groups in total. The van der Waals surface area contributed by atoms with Crippen molar-refractivity contribution >= 4 is 0 Å². The third-order valence-corrected chi connectivity index (χ3v) is 3.10. The number of hydrogen-bond donors (Lipinski definition) is 1. The van der Waals surface area contributed by atoms with Gasteiger partial charge in [-0.3, -0.25) is 0 Å². The summed E-state index contributed by atoms with van der Waals surface area (Å²) in [7, 11) is 0. The second kappa shape index (κ2) is 5.83. The first-order chi connectivity index (χ1) is 7.06. The fraction of sp³-hybridized carbons (Fsp3) is 1.00. The fourth-order valence-corrected chi connectivity index (χ4v) is 2.20. The molecule has 0 aromatic heterocycles. The molecule has 0 atom stereocenters. The lowest BCUT2D eigenvalue weighted by atomic mass is 9.90. The Morgan fingerprint density at radius 3 is 2.40 bits per heavy atom. The van der Waals surface area contributed by atoms with Crippen LogP contribution in [0.5, 0.6) is 0 Å². The molecular weight excluding hydrogens is 188 g/mol. The summed E-state index contributed by atoms with van der Waals surface area (Å²) in [6.45, 7) is 11.7. The fourth-order valence-electron chi connectivity index (χ4n) is 2.20. The van der Waals surface area contributed by atoms with E-state index in [1.165, 1.54) is 0 Å². The normalized spacial score (nSPS) is 21.2. The van der Waals surface area contributed by atoms with Crippen molar-refractivity contribution in [3.63, 3.8) is 0 Å². The summed E-state index contributed by atoms with van der Waals surface area (Å²) in [6.07, 6.45) is 2.00. The maximum absolute atomic E-state index is 6.39.